The zero-order chi connectivity index (χ0) is 22.0. The van der Waals surface area contributed by atoms with Gasteiger partial charge in [0, 0.05) is 19.4 Å². The van der Waals surface area contributed by atoms with Crippen LogP contribution in [0.4, 0.5) is 11.4 Å². The van der Waals surface area contributed by atoms with Crippen LogP contribution < -0.4 is 15.0 Å². The molecule has 0 saturated carbocycles. The lowest BCUT2D eigenvalue weighted by atomic mass is 9.98. The molecule has 31 heavy (non-hydrogen) atoms. The fraction of sp³-hybridized carbons (Fsp3) is 0.375. The molecule has 1 fully saturated rings. The van der Waals surface area contributed by atoms with Gasteiger partial charge < -0.3 is 15.0 Å². The number of amides is 3. The first-order valence-electron chi connectivity index (χ1n) is 10.7. The van der Waals surface area contributed by atoms with E-state index in [-0.39, 0.29) is 24.1 Å². The monoisotopic (exact) mass is 421 g/mol. The van der Waals surface area contributed by atoms with Gasteiger partial charge in [0.2, 0.25) is 11.8 Å². The number of benzene rings is 2. The molecule has 2 aromatic rings. The summed E-state index contributed by atoms with van der Waals surface area (Å²) in [6.45, 7) is 4.74. The van der Waals surface area contributed by atoms with E-state index in [0.29, 0.717) is 55.1 Å². The van der Waals surface area contributed by atoms with Gasteiger partial charge in [-0.25, -0.2) is 0 Å². The minimum absolute atomic E-state index is 0.0257. The first kappa shape index (κ1) is 20.9. The highest BCUT2D eigenvalue weighted by Gasteiger charge is 2.52. The Morgan fingerprint density at radius 3 is 2.68 bits per heavy atom. The van der Waals surface area contributed by atoms with Gasteiger partial charge in [0.25, 0.3) is 5.91 Å². The van der Waals surface area contributed by atoms with Gasteiger partial charge in [0.1, 0.15) is 11.4 Å². The Hall–Kier alpha value is -3.35. The molecule has 1 unspecified atom stereocenters. The standard InChI is InChI=1S/C24H27N3O4/c1-3-31-20-12-7-5-10-18(20)25-21(28)13-8-16-26-23(30)17-9-4-6-11-19(17)27-22(29)14-15-24(26,27)2/h4-7,9-12H,3,8,13-16H2,1-2H3,(H,25,28). The number of anilines is 2. The minimum Gasteiger partial charge on any atom is -0.492 e. The lowest BCUT2D eigenvalue weighted by Crippen LogP contribution is -2.62. The molecule has 162 valence electrons. The molecular weight excluding hydrogens is 394 g/mol. The van der Waals surface area contributed by atoms with E-state index in [1.165, 1.54) is 0 Å². The highest BCUT2D eigenvalue weighted by molar-refractivity contribution is 6.10. The number of ether oxygens (including phenoxy) is 1. The number of para-hydroxylation sites is 3. The molecule has 2 aliphatic rings. The second-order valence-corrected chi connectivity index (χ2v) is 8.00. The molecule has 2 heterocycles. The van der Waals surface area contributed by atoms with Gasteiger partial charge in [-0.2, -0.15) is 0 Å². The molecule has 2 aromatic carbocycles. The van der Waals surface area contributed by atoms with E-state index in [1.807, 2.05) is 44.2 Å². The summed E-state index contributed by atoms with van der Waals surface area (Å²) in [6, 6.07) is 14.6. The summed E-state index contributed by atoms with van der Waals surface area (Å²) in [5.41, 5.74) is 1.15. The summed E-state index contributed by atoms with van der Waals surface area (Å²) in [5.74, 6) is 0.430. The Labute approximate surface area is 182 Å². The molecule has 1 atom stereocenters. The Morgan fingerprint density at radius 2 is 1.87 bits per heavy atom. The number of carbonyl (C=O) groups is 3. The predicted octanol–water partition coefficient (Wildman–Crippen LogP) is 3.80. The van der Waals surface area contributed by atoms with Crippen LogP contribution in [0.25, 0.3) is 0 Å². The van der Waals surface area contributed by atoms with Gasteiger partial charge in [0.15, 0.2) is 0 Å². The predicted molar refractivity (Wildman–Crippen MR) is 118 cm³/mol. The van der Waals surface area contributed by atoms with E-state index in [0.717, 1.165) is 0 Å². The van der Waals surface area contributed by atoms with Crippen molar-refractivity contribution in [3.63, 3.8) is 0 Å². The lowest BCUT2D eigenvalue weighted by Gasteiger charge is -2.48. The summed E-state index contributed by atoms with van der Waals surface area (Å²) in [6.07, 6.45) is 1.74. The topological polar surface area (TPSA) is 79.0 Å². The van der Waals surface area contributed by atoms with Crippen LogP contribution in [-0.2, 0) is 9.59 Å². The summed E-state index contributed by atoms with van der Waals surface area (Å²) < 4.78 is 5.55. The van der Waals surface area contributed by atoms with Crippen molar-refractivity contribution in [2.75, 3.05) is 23.4 Å². The Kier molecular flexibility index (Phi) is 5.67. The molecule has 0 aromatic heterocycles. The van der Waals surface area contributed by atoms with Crippen molar-refractivity contribution in [1.82, 2.24) is 4.90 Å². The fourth-order valence-electron chi connectivity index (χ4n) is 4.50. The molecule has 2 aliphatic heterocycles. The molecule has 1 saturated heterocycles. The molecule has 1 N–H and O–H groups in total. The average Bonchev–Trinajstić information content (AvgIpc) is 3.07. The average molecular weight is 421 g/mol. The summed E-state index contributed by atoms with van der Waals surface area (Å²) in [4.78, 5) is 41.9. The summed E-state index contributed by atoms with van der Waals surface area (Å²) >= 11 is 0. The van der Waals surface area contributed by atoms with Crippen molar-refractivity contribution in [3.05, 3.63) is 54.1 Å². The molecule has 7 nitrogen and oxygen atoms in total. The minimum atomic E-state index is -0.694. The Bertz CT molecular complexity index is 1020. The van der Waals surface area contributed by atoms with Crippen molar-refractivity contribution >= 4 is 29.1 Å². The third-order valence-corrected chi connectivity index (χ3v) is 5.99. The van der Waals surface area contributed by atoms with Gasteiger partial charge in [-0.15, -0.1) is 0 Å². The van der Waals surface area contributed by atoms with E-state index < -0.39 is 5.66 Å². The zero-order valence-corrected chi connectivity index (χ0v) is 17.9. The van der Waals surface area contributed by atoms with Crippen LogP contribution >= 0.6 is 0 Å². The molecule has 4 rings (SSSR count). The Balaban J connectivity index is 1.44. The van der Waals surface area contributed by atoms with Crippen LogP contribution in [0.3, 0.4) is 0 Å². The van der Waals surface area contributed by atoms with E-state index >= 15 is 0 Å². The number of carbonyl (C=O) groups excluding carboxylic acids is 3. The van der Waals surface area contributed by atoms with Crippen molar-refractivity contribution in [2.45, 2.75) is 45.2 Å². The number of nitrogens with zero attached hydrogens (tertiary/aromatic N) is 2. The number of fused-ring (bicyclic) bond motifs is 3. The van der Waals surface area contributed by atoms with E-state index in [1.54, 1.807) is 28.0 Å². The highest BCUT2D eigenvalue weighted by Crippen LogP contribution is 2.44. The van der Waals surface area contributed by atoms with Gasteiger partial charge in [-0.1, -0.05) is 24.3 Å². The van der Waals surface area contributed by atoms with Crippen LogP contribution in [-0.4, -0.2) is 41.4 Å². The van der Waals surface area contributed by atoms with Crippen molar-refractivity contribution in [2.24, 2.45) is 0 Å². The fourth-order valence-corrected chi connectivity index (χ4v) is 4.50. The number of hydrogen-bond donors (Lipinski definition) is 1. The molecule has 0 spiro atoms. The van der Waals surface area contributed by atoms with Crippen LogP contribution in [0.15, 0.2) is 48.5 Å². The normalized spacial score (nSPS) is 19.8. The Morgan fingerprint density at radius 1 is 1.13 bits per heavy atom. The maximum Gasteiger partial charge on any atom is 0.257 e. The van der Waals surface area contributed by atoms with Gasteiger partial charge in [0.05, 0.1) is 23.5 Å². The van der Waals surface area contributed by atoms with E-state index in [4.69, 9.17) is 4.74 Å². The zero-order valence-electron chi connectivity index (χ0n) is 17.9. The SMILES string of the molecule is CCOc1ccccc1NC(=O)CCCN1C(=O)c2ccccc2N2C(=O)CCC12C. The third kappa shape index (κ3) is 3.76. The van der Waals surface area contributed by atoms with Crippen molar-refractivity contribution < 1.29 is 19.1 Å². The second kappa shape index (κ2) is 8.41. The number of nitrogens with one attached hydrogen (secondary N) is 1. The second-order valence-electron chi connectivity index (χ2n) is 8.00. The largest absolute Gasteiger partial charge is 0.492 e. The molecule has 3 amide bonds. The van der Waals surface area contributed by atoms with Crippen LogP contribution in [0, 0.1) is 0 Å². The maximum atomic E-state index is 13.2. The first-order chi connectivity index (χ1) is 15.0. The van der Waals surface area contributed by atoms with Gasteiger partial charge >= 0.3 is 0 Å². The molecule has 0 bridgehead atoms. The maximum absolute atomic E-state index is 13.2. The van der Waals surface area contributed by atoms with E-state index in [9.17, 15) is 14.4 Å². The first-order valence-corrected chi connectivity index (χ1v) is 10.7. The smallest absolute Gasteiger partial charge is 0.257 e. The number of hydrogen-bond acceptors (Lipinski definition) is 4. The summed E-state index contributed by atoms with van der Waals surface area (Å²) in [7, 11) is 0. The van der Waals surface area contributed by atoms with Crippen LogP contribution in [0.2, 0.25) is 0 Å². The quantitative estimate of drug-likeness (QED) is 0.738. The summed E-state index contributed by atoms with van der Waals surface area (Å²) in [5, 5.41) is 2.89. The molecular formula is C24H27N3O4. The van der Waals surface area contributed by atoms with Gasteiger partial charge in [-0.3, -0.25) is 19.3 Å². The van der Waals surface area contributed by atoms with E-state index in [2.05, 4.69) is 5.32 Å². The van der Waals surface area contributed by atoms with Crippen LogP contribution in [0.5, 0.6) is 5.75 Å². The third-order valence-electron chi connectivity index (χ3n) is 5.99. The van der Waals surface area contributed by atoms with Crippen molar-refractivity contribution in [1.29, 1.82) is 0 Å². The molecule has 0 aliphatic carbocycles. The molecule has 7 heteroatoms. The molecule has 0 radical (unpaired) electrons. The highest BCUT2D eigenvalue weighted by atomic mass is 16.5. The van der Waals surface area contributed by atoms with Crippen LogP contribution in [0.1, 0.15) is 49.9 Å². The lowest BCUT2D eigenvalue weighted by molar-refractivity contribution is -0.118. The van der Waals surface area contributed by atoms with Crippen molar-refractivity contribution in [3.8, 4) is 5.75 Å². The van der Waals surface area contributed by atoms with Gasteiger partial charge in [-0.05, 0) is 51.0 Å². The number of rotatable bonds is 7.